The molecule has 1 aromatic heterocycles. The molecule has 0 aliphatic carbocycles. The molecule has 1 rings (SSSR count). The number of carbonyl (C=O) groups excluding carboxylic acids is 1. The number of aliphatic hydroxyl groups is 1. The zero-order chi connectivity index (χ0) is 19.1. The average molecular weight is 365 g/mol. The van der Waals surface area contributed by atoms with Crippen molar-refractivity contribution >= 4 is 28.9 Å². The molecule has 1 aromatic rings. The van der Waals surface area contributed by atoms with Gasteiger partial charge < -0.3 is 15.1 Å². The summed E-state index contributed by atoms with van der Waals surface area (Å²) in [6, 6.07) is 1.27. The lowest BCUT2D eigenvalue weighted by atomic mass is 10.0. The molecule has 0 radical (unpaired) electrons. The average Bonchev–Trinajstić information content (AvgIpc) is 2.99. The van der Waals surface area contributed by atoms with Crippen LogP contribution in [0.4, 0.5) is 5.69 Å². The van der Waals surface area contributed by atoms with Crippen molar-refractivity contribution in [3.8, 4) is 0 Å². The molecule has 5 nitrogen and oxygen atoms in total. The largest absolute Gasteiger partial charge is 0.477 e. The second-order valence-electron chi connectivity index (χ2n) is 6.43. The number of hydrogen-bond acceptors (Lipinski definition) is 4. The number of aliphatic hydroxyl groups excluding tert-OH is 1. The number of amides is 1. The van der Waals surface area contributed by atoms with Gasteiger partial charge in [0.15, 0.2) is 0 Å². The van der Waals surface area contributed by atoms with E-state index in [9.17, 15) is 19.8 Å². The Bertz CT molecular complexity index is 646. The lowest BCUT2D eigenvalue weighted by Gasteiger charge is -2.29. The van der Waals surface area contributed by atoms with E-state index in [1.54, 1.807) is 44.4 Å². The minimum absolute atomic E-state index is 0.130. The highest BCUT2D eigenvalue weighted by molar-refractivity contribution is 7.12. The summed E-state index contributed by atoms with van der Waals surface area (Å²) < 4.78 is 0. The number of nitrogens with zero attached hydrogens (tertiary/aromatic N) is 1. The van der Waals surface area contributed by atoms with Crippen molar-refractivity contribution in [2.75, 3.05) is 4.90 Å². The van der Waals surface area contributed by atoms with Gasteiger partial charge in [-0.3, -0.25) is 4.79 Å². The van der Waals surface area contributed by atoms with Crippen molar-refractivity contribution in [3.63, 3.8) is 0 Å². The maximum absolute atomic E-state index is 13.0. The Morgan fingerprint density at radius 3 is 2.24 bits per heavy atom. The third kappa shape index (κ3) is 6.14. The van der Waals surface area contributed by atoms with E-state index < -0.39 is 12.1 Å². The molecule has 2 N–H and O–H groups in total. The van der Waals surface area contributed by atoms with Gasteiger partial charge in [-0.15, -0.1) is 11.3 Å². The quantitative estimate of drug-likeness (QED) is 0.684. The summed E-state index contributed by atoms with van der Waals surface area (Å²) in [6.45, 7) is 9.28. The van der Waals surface area contributed by atoms with Crippen LogP contribution in [0, 0.1) is 11.8 Å². The molecular formula is C19H27NO4S. The molecule has 0 aliphatic heterocycles. The molecule has 0 aliphatic rings. The van der Waals surface area contributed by atoms with Gasteiger partial charge in [0.1, 0.15) is 4.88 Å². The monoisotopic (exact) mass is 365 g/mol. The molecule has 0 saturated carbocycles. The first-order valence-electron chi connectivity index (χ1n) is 8.33. The molecule has 6 heteroatoms. The Morgan fingerprint density at radius 1 is 1.08 bits per heavy atom. The van der Waals surface area contributed by atoms with Crippen LogP contribution in [-0.4, -0.2) is 34.2 Å². The third-order valence-electron chi connectivity index (χ3n) is 3.59. The lowest BCUT2D eigenvalue weighted by molar-refractivity contribution is -0.120. The van der Waals surface area contributed by atoms with Crippen LogP contribution in [0.2, 0.25) is 0 Å². The van der Waals surface area contributed by atoms with Gasteiger partial charge in [0.25, 0.3) is 0 Å². The van der Waals surface area contributed by atoms with Gasteiger partial charge in [-0.05, 0) is 31.2 Å². The fourth-order valence-electron chi connectivity index (χ4n) is 2.29. The predicted octanol–water partition coefficient (Wildman–Crippen LogP) is 3.95. The van der Waals surface area contributed by atoms with Crippen molar-refractivity contribution in [3.05, 3.63) is 40.6 Å². The third-order valence-corrected chi connectivity index (χ3v) is 4.48. The van der Waals surface area contributed by atoms with Gasteiger partial charge in [-0.25, -0.2) is 4.79 Å². The first-order valence-corrected chi connectivity index (χ1v) is 9.21. The molecular weight excluding hydrogens is 338 g/mol. The predicted molar refractivity (Wildman–Crippen MR) is 102 cm³/mol. The molecule has 3 unspecified atom stereocenters. The molecule has 0 aromatic carbocycles. The van der Waals surface area contributed by atoms with E-state index in [2.05, 4.69) is 0 Å². The molecule has 1 heterocycles. The number of thiophene rings is 1. The van der Waals surface area contributed by atoms with Crippen molar-refractivity contribution in [2.24, 2.45) is 11.8 Å². The number of allylic oxidation sites excluding steroid dienone is 1. The van der Waals surface area contributed by atoms with Crippen LogP contribution in [0.5, 0.6) is 0 Å². The molecule has 3 atom stereocenters. The zero-order valence-electron chi connectivity index (χ0n) is 15.3. The number of aromatic carboxylic acids is 1. The van der Waals surface area contributed by atoms with Crippen LogP contribution in [0.3, 0.4) is 0 Å². The first-order chi connectivity index (χ1) is 11.6. The Balaban J connectivity index is 3.25. The van der Waals surface area contributed by atoms with E-state index in [4.69, 9.17) is 0 Å². The SMILES string of the molecule is CC(C)/C=C/C(C)C(=O)N(c1ccsc1C(=O)O)C(C)/C=C/C(C)O. The summed E-state index contributed by atoms with van der Waals surface area (Å²) >= 11 is 1.09. The van der Waals surface area contributed by atoms with Gasteiger partial charge in [0, 0.05) is 0 Å². The first kappa shape index (κ1) is 21.1. The fourth-order valence-corrected chi connectivity index (χ4v) is 3.01. The summed E-state index contributed by atoms with van der Waals surface area (Å²) in [6.07, 6.45) is 6.47. The van der Waals surface area contributed by atoms with Crippen molar-refractivity contribution < 1.29 is 19.8 Å². The second kappa shape index (κ2) is 9.53. The van der Waals surface area contributed by atoms with E-state index >= 15 is 0 Å². The van der Waals surface area contributed by atoms with E-state index in [0.29, 0.717) is 11.6 Å². The second-order valence-corrected chi connectivity index (χ2v) is 7.35. The molecule has 0 bridgehead atoms. The Morgan fingerprint density at radius 2 is 1.72 bits per heavy atom. The maximum atomic E-state index is 13.0. The zero-order valence-corrected chi connectivity index (χ0v) is 16.2. The van der Waals surface area contributed by atoms with Gasteiger partial charge in [-0.2, -0.15) is 0 Å². The molecule has 138 valence electrons. The minimum atomic E-state index is -1.06. The Kier molecular flexibility index (Phi) is 8.06. The van der Waals surface area contributed by atoms with Crippen LogP contribution >= 0.6 is 11.3 Å². The molecule has 25 heavy (non-hydrogen) atoms. The highest BCUT2D eigenvalue weighted by atomic mass is 32.1. The van der Waals surface area contributed by atoms with Crippen LogP contribution in [0.15, 0.2) is 35.8 Å². The van der Waals surface area contributed by atoms with Crippen LogP contribution in [0.25, 0.3) is 0 Å². The highest BCUT2D eigenvalue weighted by Gasteiger charge is 2.28. The van der Waals surface area contributed by atoms with Crippen molar-refractivity contribution in [2.45, 2.75) is 46.8 Å². The van der Waals surface area contributed by atoms with Gasteiger partial charge in [-0.1, -0.05) is 45.1 Å². The number of carboxylic acids is 1. The van der Waals surface area contributed by atoms with Gasteiger partial charge >= 0.3 is 5.97 Å². The van der Waals surface area contributed by atoms with E-state index in [1.807, 2.05) is 26.0 Å². The Labute approximate surface area is 153 Å². The summed E-state index contributed by atoms with van der Waals surface area (Å²) in [5.74, 6) is -1.29. The van der Waals surface area contributed by atoms with Crippen LogP contribution in [0.1, 0.15) is 44.3 Å². The van der Waals surface area contributed by atoms with E-state index in [0.717, 1.165) is 11.3 Å². The van der Waals surface area contributed by atoms with Crippen LogP contribution in [-0.2, 0) is 4.79 Å². The fraction of sp³-hybridized carbons (Fsp3) is 0.474. The minimum Gasteiger partial charge on any atom is -0.477 e. The highest BCUT2D eigenvalue weighted by Crippen LogP contribution is 2.30. The van der Waals surface area contributed by atoms with Crippen molar-refractivity contribution in [1.82, 2.24) is 0 Å². The Hall–Kier alpha value is -1.92. The summed E-state index contributed by atoms with van der Waals surface area (Å²) in [7, 11) is 0. The molecule has 0 fully saturated rings. The number of hydrogen-bond donors (Lipinski definition) is 2. The molecule has 0 saturated heterocycles. The normalized spacial score (nSPS) is 15.6. The van der Waals surface area contributed by atoms with Crippen LogP contribution < -0.4 is 4.90 Å². The summed E-state index contributed by atoms with van der Waals surface area (Å²) in [5.41, 5.74) is 0.384. The summed E-state index contributed by atoms with van der Waals surface area (Å²) in [5, 5.41) is 20.5. The van der Waals surface area contributed by atoms with Gasteiger partial charge in [0.2, 0.25) is 5.91 Å². The number of anilines is 1. The van der Waals surface area contributed by atoms with Gasteiger partial charge in [0.05, 0.1) is 23.8 Å². The molecule has 1 amide bonds. The number of carboxylic acid groups (broad SMARTS) is 1. The topological polar surface area (TPSA) is 77.8 Å². The van der Waals surface area contributed by atoms with E-state index in [1.165, 1.54) is 4.90 Å². The smallest absolute Gasteiger partial charge is 0.348 e. The summed E-state index contributed by atoms with van der Waals surface area (Å²) in [4.78, 5) is 26.1. The maximum Gasteiger partial charge on any atom is 0.348 e. The lowest BCUT2D eigenvalue weighted by Crippen LogP contribution is -2.41. The number of rotatable bonds is 8. The standard InChI is InChI=1S/C19H27NO4S/c1-12(2)6-7-13(3)18(22)20(14(4)8-9-15(5)21)16-10-11-25-17(16)19(23)24/h6-15,21H,1-5H3,(H,23,24)/b7-6+,9-8+. The molecule has 0 spiro atoms. The van der Waals surface area contributed by atoms with E-state index in [-0.39, 0.29) is 22.7 Å². The number of carbonyl (C=O) groups is 2. The van der Waals surface area contributed by atoms with Crippen molar-refractivity contribution in [1.29, 1.82) is 0 Å².